The fourth-order valence-corrected chi connectivity index (χ4v) is 2.38. The highest BCUT2D eigenvalue weighted by Gasteiger charge is 2.03. The summed E-state index contributed by atoms with van der Waals surface area (Å²) in [5, 5.41) is 0.663. The molecule has 0 radical (unpaired) electrons. The summed E-state index contributed by atoms with van der Waals surface area (Å²) in [6, 6.07) is 16.8. The second kappa shape index (κ2) is 6.16. The van der Waals surface area contributed by atoms with Crippen molar-refractivity contribution in [2.24, 2.45) is 0 Å². The van der Waals surface area contributed by atoms with Crippen LogP contribution in [0.2, 0.25) is 5.02 Å². The van der Waals surface area contributed by atoms with Gasteiger partial charge < -0.3 is 4.57 Å². The number of hydrogen-bond acceptors (Lipinski definition) is 1. The first-order chi connectivity index (χ1) is 10.6. The summed E-state index contributed by atoms with van der Waals surface area (Å²) in [4.78, 5) is 12.0. The van der Waals surface area contributed by atoms with Gasteiger partial charge in [-0.1, -0.05) is 35.9 Å². The predicted octanol–water partition coefficient (Wildman–Crippen LogP) is 4.36. The molecule has 0 bridgehead atoms. The topological polar surface area (TPSA) is 22.0 Å². The van der Waals surface area contributed by atoms with Crippen molar-refractivity contribution in [2.75, 3.05) is 0 Å². The van der Waals surface area contributed by atoms with Crippen LogP contribution in [0.3, 0.4) is 0 Å². The summed E-state index contributed by atoms with van der Waals surface area (Å²) in [6.45, 7) is 0.463. The van der Waals surface area contributed by atoms with Crippen LogP contribution >= 0.6 is 11.6 Å². The van der Waals surface area contributed by atoms with E-state index in [-0.39, 0.29) is 11.4 Å². The molecule has 0 N–H and O–H groups in total. The fourth-order valence-electron chi connectivity index (χ4n) is 2.25. The Bertz CT molecular complexity index is 838. The van der Waals surface area contributed by atoms with Crippen LogP contribution in [0, 0.1) is 5.82 Å². The van der Waals surface area contributed by atoms with Gasteiger partial charge in [-0.25, -0.2) is 4.39 Å². The van der Waals surface area contributed by atoms with Crippen LogP contribution in [0.15, 0.2) is 71.7 Å². The van der Waals surface area contributed by atoms with Gasteiger partial charge in [0.2, 0.25) is 0 Å². The zero-order valence-electron chi connectivity index (χ0n) is 11.7. The van der Waals surface area contributed by atoms with Crippen molar-refractivity contribution in [3.05, 3.63) is 93.6 Å². The summed E-state index contributed by atoms with van der Waals surface area (Å²) in [6.07, 6.45) is 1.78. The van der Waals surface area contributed by atoms with E-state index in [2.05, 4.69) is 0 Å². The lowest BCUT2D eigenvalue weighted by atomic mass is 10.1. The SMILES string of the molecule is O=c1ccc(-c2ccc(F)cc2)cn1Cc1ccc(Cl)cc1. The number of aromatic nitrogens is 1. The summed E-state index contributed by atoms with van der Waals surface area (Å²) >= 11 is 5.86. The Morgan fingerprint density at radius 3 is 2.18 bits per heavy atom. The zero-order valence-corrected chi connectivity index (χ0v) is 12.4. The average molecular weight is 314 g/mol. The number of nitrogens with zero attached hydrogens (tertiary/aromatic N) is 1. The number of benzene rings is 2. The molecule has 3 rings (SSSR count). The van der Waals surface area contributed by atoms with Crippen LogP contribution in [0.25, 0.3) is 11.1 Å². The van der Waals surface area contributed by atoms with Gasteiger partial charge in [-0.3, -0.25) is 4.79 Å². The third kappa shape index (κ3) is 3.26. The maximum atomic E-state index is 13.0. The molecule has 22 heavy (non-hydrogen) atoms. The van der Waals surface area contributed by atoms with Crippen molar-refractivity contribution in [3.63, 3.8) is 0 Å². The van der Waals surface area contributed by atoms with Crippen LogP contribution < -0.4 is 5.56 Å². The molecule has 0 atom stereocenters. The van der Waals surface area contributed by atoms with Gasteiger partial charge in [-0.15, -0.1) is 0 Å². The largest absolute Gasteiger partial charge is 0.310 e. The van der Waals surface area contributed by atoms with E-state index in [0.29, 0.717) is 11.6 Å². The Morgan fingerprint density at radius 2 is 1.50 bits per heavy atom. The lowest BCUT2D eigenvalue weighted by Gasteiger charge is -2.09. The van der Waals surface area contributed by atoms with Gasteiger partial charge in [0.05, 0.1) is 6.54 Å². The van der Waals surface area contributed by atoms with Gasteiger partial charge in [0.15, 0.2) is 0 Å². The fraction of sp³-hybridized carbons (Fsp3) is 0.0556. The van der Waals surface area contributed by atoms with E-state index in [0.717, 1.165) is 16.7 Å². The van der Waals surface area contributed by atoms with Crippen molar-refractivity contribution < 1.29 is 4.39 Å². The van der Waals surface area contributed by atoms with E-state index in [1.807, 2.05) is 12.1 Å². The molecule has 110 valence electrons. The number of rotatable bonds is 3. The van der Waals surface area contributed by atoms with Gasteiger partial charge in [0.1, 0.15) is 5.82 Å². The molecule has 0 fully saturated rings. The Balaban J connectivity index is 1.94. The van der Waals surface area contributed by atoms with Gasteiger partial charge in [0.25, 0.3) is 5.56 Å². The molecule has 0 aliphatic heterocycles. The molecule has 2 aromatic carbocycles. The number of pyridine rings is 1. The molecule has 2 nitrogen and oxygen atoms in total. The number of hydrogen-bond donors (Lipinski definition) is 0. The monoisotopic (exact) mass is 313 g/mol. The Labute approximate surface area is 132 Å². The third-order valence-corrected chi connectivity index (χ3v) is 3.68. The lowest BCUT2D eigenvalue weighted by Crippen LogP contribution is -2.19. The third-order valence-electron chi connectivity index (χ3n) is 3.43. The van der Waals surface area contributed by atoms with Gasteiger partial charge in [-0.2, -0.15) is 0 Å². The minimum atomic E-state index is -0.279. The average Bonchev–Trinajstić information content (AvgIpc) is 2.52. The highest BCUT2D eigenvalue weighted by atomic mass is 35.5. The first kappa shape index (κ1) is 14.5. The van der Waals surface area contributed by atoms with E-state index in [1.165, 1.54) is 18.2 Å². The van der Waals surface area contributed by atoms with Crippen molar-refractivity contribution in [1.29, 1.82) is 0 Å². The van der Waals surface area contributed by atoms with Crippen molar-refractivity contribution >= 4 is 11.6 Å². The minimum absolute atomic E-state index is 0.0826. The molecule has 0 saturated carbocycles. The summed E-state index contributed by atoms with van der Waals surface area (Å²) in [5.41, 5.74) is 2.64. The normalized spacial score (nSPS) is 10.6. The maximum Gasteiger partial charge on any atom is 0.250 e. The molecule has 0 amide bonds. The molecule has 1 heterocycles. The second-order valence-electron chi connectivity index (χ2n) is 5.02. The highest BCUT2D eigenvalue weighted by molar-refractivity contribution is 6.30. The van der Waals surface area contributed by atoms with Crippen molar-refractivity contribution in [2.45, 2.75) is 6.54 Å². The minimum Gasteiger partial charge on any atom is -0.310 e. The smallest absolute Gasteiger partial charge is 0.250 e. The summed E-state index contributed by atoms with van der Waals surface area (Å²) < 4.78 is 14.6. The van der Waals surface area contributed by atoms with E-state index in [1.54, 1.807) is 41.1 Å². The second-order valence-corrected chi connectivity index (χ2v) is 5.45. The molecule has 3 aromatic rings. The van der Waals surface area contributed by atoms with Crippen LogP contribution in [-0.4, -0.2) is 4.57 Å². The zero-order chi connectivity index (χ0) is 15.5. The molecule has 0 spiro atoms. The molecular weight excluding hydrogens is 301 g/mol. The van der Waals surface area contributed by atoms with Crippen molar-refractivity contribution in [3.8, 4) is 11.1 Å². The molecule has 0 saturated heterocycles. The standard InChI is InChI=1S/C18H13ClFNO/c19-16-6-1-13(2-7-16)11-21-12-15(5-10-18(21)22)14-3-8-17(20)9-4-14/h1-10,12H,11H2. The first-order valence-electron chi connectivity index (χ1n) is 6.83. The van der Waals surface area contributed by atoms with Crippen LogP contribution in [0.4, 0.5) is 4.39 Å². The van der Waals surface area contributed by atoms with E-state index in [4.69, 9.17) is 11.6 Å². The molecule has 0 unspecified atom stereocenters. The number of halogens is 2. The quantitative estimate of drug-likeness (QED) is 0.704. The van der Waals surface area contributed by atoms with Crippen LogP contribution in [0.1, 0.15) is 5.56 Å². The van der Waals surface area contributed by atoms with Crippen LogP contribution in [-0.2, 0) is 6.54 Å². The first-order valence-corrected chi connectivity index (χ1v) is 7.20. The summed E-state index contributed by atoms with van der Waals surface area (Å²) in [7, 11) is 0. The molecule has 0 aliphatic rings. The van der Waals surface area contributed by atoms with Crippen LogP contribution in [0.5, 0.6) is 0 Å². The van der Waals surface area contributed by atoms with Gasteiger partial charge >= 0.3 is 0 Å². The highest BCUT2D eigenvalue weighted by Crippen LogP contribution is 2.18. The molecule has 4 heteroatoms. The predicted molar refractivity (Wildman–Crippen MR) is 86.7 cm³/mol. The van der Waals surface area contributed by atoms with Gasteiger partial charge in [-0.05, 0) is 47.0 Å². The Hall–Kier alpha value is -2.39. The van der Waals surface area contributed by atoms with Gasteiger partial charge in [0, 0.05) is 17.3 Å². The van der Waals surface area contributed by atoms with E-state index < -0.39 is 0 Å². The van der Waals surface area contributed by atoms with E-state index in [9.17, 15) is 9.18 Å². The maximum absolute atomic E-state index is 13.0. The molecule has 0 aliphatic carbocycles. The van der Waals surface area contributed by atoms with Crippen molar-refractivity contribution in [1.82, 2.24) is 4.57 Å². The molecular formula is C18H13ClFNO. The Kier molecular flexibility index (Phi) is 4.07. The lowest BCUT2D eigenvalue weighted by molar-refractivity contribution is 0.628. The Morgan fingerprint density at radius 1 is 0.864 bits per heavy atom. The van der Waals surface area contributed by atoms with E-state index >= 15 is 0 Å². The molecule has 1 aromatic heterocycles. The summed E-state index contributed by atoms with van der Waals surface area (Å²) in [5.74, 6) is -0.279.